The Morgan fingerprint density at radius 1 is 1.33 bits per heavy atom. The van der Waals surface area contributed by atoms with Crippen LogP contribution in [-0.2, 0) is 0 Å². The fourth-order valence-electron chi connectivity index (χ4n) is 1.50. The number of alkyl halides is 1. The van der Waals surface area contributed by atoms with Crippen LogP contribution in [0.25, 0.3) is 0 Å². The quantitative estimate of drug-likeness (QED) is 0.465. The Kier molecular flexibility index (Phi) is 7.56. The second kappa shape index (κ2) is 8.68. The van der Waals surface area contributed by atoms with Gasteiger partial charge < -0.3 is 5.32 Å². The summed E-state index contributed by atoms with van der Waals surface area (Å²) in [6.07, 6.45) is 4.93. The second-order valence-electron chi connectivity index (χ2n) is 3.85. The van der Waals surface area contributed by atoms with Crippen molar-refractivity contribution in [3.05, 3.63) is 28.8 Å². The lowest BCUT2D eigenvalue weighted by Crippen LogP contribution is -2.24. The predicted octanol–water partition coefficient (Wildman–Crippen LogP) is 4.20. The zero-order chi connectivity index (χ0) is 13.4. The molecule has 0 unspecified atom stereocenters. The maximum atomic E-state index is 11.9. The molecule has 0 bridgehead atoms. The molecule has 0 fully saturated rings. The molecule has 0 atom stereocenters. The molecule has 2 nitrogen and oxygen atoms in total. The van der Waals surface area contributed by atoms with Gasteiger partial charge in [-0.05, 0) is 37.3 Å². The van der Waals surface area contributed by atoms with E-state index in [4.69, 9.17) is 23.2 Å². The first kappa shape index (κ1) is 15.7. The molecular formula is C13H17Cl2NOS. The van der Waals surface area contributed by atoms with Crippen molar-refractivity contribution in [3.63, 3.8) is 0 Å². The number of rotatable bonds is 7. The summed E-state index contributed by atoms with van der Waals surface area (Å²) in [5.74, 6) is 0.567. The van der Waals surface area contributed by atoms with E-state index in [9.17, 15) is 4.79 Å². The third-order valence-electron chi connectivity index (χ3n) is 2.51. The van der Waals surface area contributed by atoms with Crippen molar-refractivity contribution in [1.82, 2.24) is 5.32 Å². The highest BCUT2D eigenvalue weighted by atomic mass is 35.5. The van der Waals surface area contributed by atoms with Gasteiger partial charge in [0.25, 0.3) is 5.91 Å². The average molecular weight is 306 g/mol. The smallest absolute Gasteiger partial charge is 0.252 e. The van der Waals surface area contributed by atoms with E-state index in [1.807, 2.05) is 18.4 Å². The minimum Gasteiger partial charge on any atom is -0.352 e. The maximum absolute atomic E-state index is 11.9. The molecule has 0 radical (unpaired) electrons. The van der Waals surface area contributed by atoms with E-state index in [0.29, 0.717) is 23.0 Å². The van der Waals surface area contributed by atoms with Crippen molar-refractivity contribution >= 4 is 40.9 Å². The molecule has 1 aromatic carbocycles. The number of carbonyl (C=O) groups excluding carboxylic acids is 1. The topological polar surface area (TPSA) is 29.1 Å². The van der Waals surface area contributed by atoms with E-state index in [1.165, 1.54) is 0 Å². The Balaban J connectivity index is 2.50. The number of carbonyl (C=O) groups is 1. The Morgan fingerprint density at radius 3 is 2.78 bits per heavy atom. The van der Waals surface area contributed by atoms with Gasteiger partial charge in [-0.3, -0.25) is 4.79 Å². The van der Waals surface area contributed by atoms with Crippen LogP contribution in [0.15, 0.2) is 23.1 Å². The number of amides is 1. The molecule has 1 N–H and O–H groups in total. The third kappa shape index (κ3) is 5.09. The number of hydrogen-bond donors (Lipinski definition) is 1. The number of hydrogen-bond acceptors (Lipinski definition) is 2. The Bertz CT molecular complexity index is 399. The van der Waals surface area contributed by atoms with Crippen LogP contribution in [0.3, 0.4) is 0 Å². The fraction of sp³-hybridized carbons (Fsp3) is 0.462. The van der Waals surface area contributed by atoms with Crippen molar-refractivity contribution < 1.29 is 4.79 Å². The summed E-state index contributed by atoms with van der Waals surface area (Å²) >= 11 is 13.2. The van der Waals surface area contributed by atoms with Crippen molar-refractivity contribution in [1.29, 1.82) is 0 Å². The molecular weight excluding hydrogens is 289 g/mol. The van der Waals surface area contributed by atoms with E-state index in [-0.39, 0.29) is 5.91 Å². The molecule has 0 aromatic heterocycles. The third-order valence-corrected chi connectivity index (χ3v) is 3.84. The lowest BCUT2D eigenvalue weighted by atomic mass is 10.2. The molecule has 0 saturated carbocycles. The first-order chi connectivity index (χ1) is 8.69. The van der Waals surface area contributed by atoms with E-state index in [0.717, 1.165) is 24.2 Å². The van der Waals surface area contributed by atoms with Gasteiger partial charge in [-0.2, -0.15) is 0 Å². The molecule has 0 aliphatic carbocycles. The Labute approximate surface area is 122 Å². The van der Waals surface area contributed by atoms with E-state index < -0.39 is 0 Å². The molecule has 0 aliphatic heterocycles. The van der Waals surface area contributed by atoms with Crippen LogP contribution in [-0.4, -0.2) is 24.6 Å². The van der Waals surface area contributed by atoms with Crippen LogP contribution < -0.4 is 5.32 Å². The Hall–Kier alpha value is -0.380. The Morgan fingerprint density at radius 2 is 2.11 bits per heavy atom. The van der Waals surface area contributed by atoms with Crippen LogP contribution in [0, 0.1) is 0 Å². The van der Waals surface area contributed by atoms with Crippen LogP contribution in [0.1, 0.15) is 29.6 Å². The van der Waals surface area contributed by atoms with Gasteiger partial charge in [0.2, 0.25) is 0 Å². The number of thioether (sulfide) groups is 1. The van der Waals surface area contributed by atoms with Crippen molar-refractivity contribution in [3.8, 4) is 0 Å². The molecule has 18 heavy (non-hydrogen) atoms. The first-order valence-corrected chi connectivity index (χ1v) is 8.00. The van der Waals surface area contributed by atoms with Crippen LogP contribution in [0.5, 0.6) is 0 Å². The minimum absolute atomic E-state index is 0.109. The molecule has 0 aliphatic rings. The summed E-state index contributed by atoms with van der Waals surface area (Å²) in [7, 11) is 0. The van der Waals surface area contributed by atoms with Gasteiger partial charge in [0.15, 0.2) is 0 Å². The highest BCUT2D eigenvalue weighted by Crippen LogP contribution is 2.22. The van der Waals surface area contributed by atoms with Crippen LogP contribution in [0.4, 0.5) is 0 Å². The molecule has 0 spiro atoms. The highest BCUT2D eigenvalue weighted by molar-refractivity contribution is 7.98. The summed E-state index contributed by atoms with van der Waals surface area (Å²) in [5.41, 5.74) is 0.542. The SMILES string of the molecule is CSc1ccc(Cl)c(C(=O)NCCCCCCl)c1. The number of nitrogens with one attached hydrogen (secondary N) is 1. The number of halogens is 2. The van der Waals surface area contributed by atoms with Gasteiger partial charge >= 0.3 is 0 Å². The van der Waals surface area contributed by atoms with E-state index >= 15 is 0 Å². The van der Waals surface area contributed by atoms with E-state index in [2.05, 4.69) is 5.32 Å². The van der Waals surface area contributed by atoms with Crippen molar-refractivity contribution in [2.45, 2.75) is 24.2 Å². The van der Waals surface area contributed by atoms with Gasteiger partial charge in [-0.1, -0.05) is 18.0 Å². The summed E-state index contributed by atoms with van der Waals surface area (Å²) < 4.78 is 0. The lowest BCUT2D eigenvalue weighted by molar-refractivity contribution is 0.0953. The summed E-state index contributed by atoms with van der Waals surface area (Å²) in [6.45, 7) is 0.662. The molecule has 5 heteroatoms. The zero-order valence-corrected chi connectivity index (χ0v) is 12.7. The molecule has 0 saturated heterocycles. The monoisotopic (exact) mass is 305 g/mol. The zero-order valence-electron chi connectivity index (χ0n) is 10.3. The molecule has 0 heterocycles. The summed E-state index contributed by atoms with van der Waals surface area (Å²) in [5, 5.41) is 3.37. The largest absolute Gasteiger partial charge is 0.352 e. The average Bonchev–Trinajstić information content (AvgIpc) is 2.39. The minimum atomic E-state index is -0.109. The molecule has 1 amide bonds. The summed E-state index contributed by atoms with van der Waals surface area (Å²) in [6, 6.07) is 5.49. The standard InChI is InChI=1S/C13H17Cl2NOS/c1-18-10-5-6-12(15)11(9-10)13(17)16-8-4-2-3-7-14/h5-6,9H,2-4,7-8H2,1H3,(H,16,17). The normalized spacial score (nSPS) is 10.4. The molecule has 1 aromatic rings. The number of benzene rings is 1. The lowest BCUT2D eigenvalue weighted by Gasteiger charge is -2.07. The van der Waals surface area contributed by atoms with Gasteiger partial charge in [0.1, 0.15) is 0 Å². The number of unbranched alkanes of at least 4 members (excludes halogenated alkanes) is 2. The maximum Gasteiger partial charge on any atom is 0.252 e. The molecule has 100 valence electrons. The van der Waals surface area contributed by atoms with Crippen LogP contribution in [0.2, 0.25) is 5.02 Å². The molecule has 1 rings (SSSR count). The van der Waals surface area contributed by atoms with Crippen molar-refractivity contribution in [2.24, 2.45) is 0 Å². The summed E-state index contributed by atoms with van der Waals surface area (Å²) in [4.78, 5) is 13.0. The highest BCUT2D eigenvalue weighted by Gasteiger charge is 2.10. The van der Waals surface area contributed by atoms with Crippen molar-refractivity contribution in [2.75, 3.05) is 18.7 Å². The fourth-order valence-corrected chi connectivity index (χ4v) is 2.33. The van der Waals surface area contributed by atoms with Crippen LogP contribution >= 0.6 is 35.0 Å². The van der Waals surface area contributed by atoms with Gasteiger partial charge in [0.05, 0.1) is 10.6 Å². The van der Waals surface area contributed by atoms with Gasteiger partial charge in [-0.15, -0.1) is 23.4 Å². The second-order valence-corrected chi connectivity index (χ2v) is 5.52. The predicted molar refractivity (Wildman–Crippen MR) is 80.1 cm³/mol. The van der Waals surface area contributed by atoms with E-state index in [1.54, 1.807) is 17.8 Å². The van der Waals surface area contributed by atoms with Gasteiger partial charge in [-0.25, -0.2) is 0 Å². The first-order valence-electron chi connectivity index (χ1n) is 5.86. The van der Waals surface area contributed by atoms with Gasteiger partial charge in [0, 0.05) is 17.3 Å².